The lowest BCUT2D eigenvalue weighted by Crippen LogP contribution is -2.40. The Hall–Kier alpha value is -0.620. The van der Waals surface area contributed by atoms with Gasteiger partial charge in [-0.2, -0.15) is 0 Å². The van der Waals surface area contributed by atoms with E-state index in [1.807, 2.05) is 0 Å². The molecule has 0 aromatic rings. The van der Waals surface area contributed by atoms with E-state index in [4.69, 9.17) is 0 Å². The van der Waals surface area contributed by atoms with Crippen LogP contribution in [0, 0.1) is 5.41 Å². The summed E-state index contributed by atoms with van der Waals surface area (Å²) >= 11 is 0. The molecule has 2 atom stereocenters. The smallest absolute Gasteiger partial charge is 0.310 e. The van der Waals surface area contributed by atoms with Gasteiger partial charge in [0, 0.05) is 0 Å². The van der Waals surface area contributed by atoms with E-state index in [1.54, 1.807) is 13.8 Å². The van der Waals surface area contributed by atoms with Crippen molar-refractivity contribution < 1.29 is 23.4 Å². The fourth-order valence-electron chi connectivity index (χ4n) is 2.15. The third-order valence-corrected chi connectivity index (χ3v) is 5.14. The first kappa shape index (κ1) is 13.4. The fourth-order valence-corrected chi connectivity index (χ4v) is 4.21. The van der Waals surface area contributed by atoms with Gasteiger partial charge in [0.05, 0.1) is 22.5 Å². The minimum absolute atomic E-state index is 0.00887. The number of carboxylic acid groups (broad SMARTS) is 1. The van der Waals surface area contributed by atoms with E-state index in [2.05, 4.69) is 0 Å². The Bertz CT molecular complexity index is 384. The van der Waals surface area contributed by atoms with E-state index < -0.39 is 26.8 Å². The molecule has 1 rings (SSSR count). The van der Waals surface area contributed by atoms with Crippen molar-refractivity contribution in [1.29, 1.82) is 0 Å². The van der Waals surface area contributed by atoms with Gasteiger partial charge in [0.1, 0.15) is 0 Å². The molecule has 0 aromatic carbocycles. The van der Waals surface area contributed by atoms with Crippen LogP contribution in [0.5, 0.6) is 0 Å². The number of aliphatic hydroxyl groups is 1. The summed E-state index contributed by atoms with van der Waals surface area (Å²) in [7, 11) is -3.27. The molecule has 5 nitrogen and oxygen atoms in total. The molecule has 0 saturated carbocycles. The highest BCUT2D eigenvalue weighted by Crippen LogP contribution is 2.40. The van der Waals surface area contributed by atoms with Crippen molar-refractivity contribution in [2.75, 3.05) is 11.5 Å². The number of hydrogen-bond donors (Lipinski definition) is 2. The molecule has 2 unspecified atom stereocenters. The zero-order valence-electron chi connectivity index (χ0n) is 9.56. The van der Waals surface area contributed by atoms with Crippen LogP contribution >= 0.6 is 0 Å². The van der Waals surface area contributed by atoms with Gasteiger partial charge in [-0.25, -0.2) is 8.42 Å². The third-order valence-electron chi connectivity index (χ3n) is 3.32. The van der Waals surface area contributed by atoms with Crippen LogP contribution in [0.15, 0.2) is 0 Å². The average molecular weight is 250 g/mol. The molecule has 1 heterocycles. The van der Waals surface area contributed by atoms with Gasteiger partial charge in [-0.1, -0.05) is 6.92 Å². The molecule has 1 aliphatic heterocycles. The van der Waals surface area contributed by atoms with E-state index in [0.717, 1.165) is 0 Å². The molecular formula is C10H18O5S. The molecule has 6 heteroatoms. The van der Waals surface area contributed by atoms with Gasteiger partial charge in [-0.15, -0.1) is 0 Å². The highest BCUT2D eigenvalue weighted by Gasteiger charge is 2.51. The molecule has 16 heavy (non-hydrogen) atoms. The van der Waals surface area contributed by atoms with Crippen LogP contribution in [-0.2, 0) is 14.6 Å². The van der Waals surface area contributed by atoms with Crippen molar-refractivity contribution in [2.45, 2.75) is 38.7 Å². The molecular weight excluding hydrogens is 232 g/mol. The fraction of sp³-hybridized carbons (Fsp3) is 0.900. The van der Waals surface area contributed by atoms with Crippen LogP contribution in [0.3, 0.4) is 0 Å². The van der Waals surface area contributed by atoms with E-state index in [-0.39, 0.29) is 24.3 Å². The number of sulfone groups is 1. The summed E-state index contributed by atoms with van der Waals surface area (Å²) in [5.41, 5.74) is -2.43. The Morgan fingerprint density at radius 2 is 2.06 bits per heavy atom. The molecule has 0 radical (unpaired) electrons. The van der Waals surface area contributed by atoms with Crippen molar-refractivity contribution in [3.05, 3.63) is 0 Å². The Morgan fingerprint density at radius 1 is 1.50 bits per heavy atom. The second kappa shape index (κ2) is 4.00. The number of carbonyl (C=O) groups is 1. The summed E-state index contributed by atoms with van der Waals surface area (Å²) in [6.07, 6.45) is 0.494. The maximum absolute atomic E-state index is 11.4. The topological polar surface area (TPSA) is 91.7 Å². The van der Waals surface area contributed by atoms with Gasteiger partial charge in [-0.05, 0) is 26.2 Å². The van der Waals surface area contributed by atoms with E-state index in [9.17, 15) is 23.4 Å². The standard InChI is InChI=1S/C10H18O5S/c1-3-9(2,13)6-10(8(11)12)4-5-16(14,15)7-10/h13H,3-7H2,1-2H3,(H,11,12). The SMILES string of the molecule is CCC(C)(O)CC1(C(=O)O)CCS(=O)(=O)C1. The summed E-state index contributed by atoms with van der Waals surface area (Å²) in [5, 5.41) is 19.1. The third kappa shape index (κ3) is 2.74. The quantitative estimate of drug-likeness (QED) is 0.754. The molecule has 0 spiro atoms. The monoisotopic (exact) mass is 250 g/mol. The minimum atomic E-state index is -3.27. The van der Waals surface area contributed by atoms with Crippen LogP contribution in [0.1, 0.15) is 33.1 Å². The lowest BCUT2D eigenvalue weighted by Gasteiger charge is -2.31. The molecule has 0 aliphatic carbocycles. The predicted octanol–water partition coefficient (Wildman–Crippen LogP) is 0.427. The van der Waals surface area contributed by atoms with Crippen molar-refractivity contribution >= 4 is 15.8 Å². The molecule has 0 amide bonds. The Kier molecular flexibility index (Phi) is 3.36. The zero-order valence-corrected chi connectivity index (χ0v) is 10.4. The normalized spacial score (nSPS) is 32.2. The van der Waals surface area contributed by atoms with E-state index >= 15 is 0 Å². The van der Waals surface area contributed by atoms with Crippen LogP contribution < -0.4 is 0 Å². The van der Waals surface area contributed by atoms with Crippen LogP contribution in [0.4, 0.5) is 0 Å². The van der Waals surface area contributed by atoms with Crippen molar-refractivity contribution in [3.63, 3.8) is 0 Å². The van der Waals surface area contributed by atoms with Gasteiger partial charge >= 0.3 is 5.97 Å². The Labute approximate surface area is 95.4 Å². The second-order valence-electron chi connectivity index (χ2n) is 4.95. The summed E-state index contributed by atoms with van der Waals surface area (Å²) < 4.78 is 22.8. The van der Waals surface area contributed by atoms with Crippen molar-refractivity contribution in [2.24, 2.45) is 5.41 Å². The minimum Gasteiger partial charge on any atom is -0.481 e. The van der Waals surface area contributed by atoms with Crippen LogP contribution in [0.25, 0.3) is 0 Å². The van der Waals surface area contributed by atoms with Crippen molar-refractivity contribution in [3.8, 4) is 0 Å². The van der Waals surface area contributed by atoms with Gasteiger partial charge in [-0.3, -0.25) is 4.79 Å². The maximum Gasteiger partial charge on any atom is 0.310 e. The number of hydrogen-bond acceptors (Lipinski definition) is 4. The predicted molar refractivity (Wildman–Crippen MR) is 58.9 cm³/mol. The zero-order chi connectivity index (χ0) is 12.6. The summed E-state index contributed by atoms with van der Waals surface area (Å²) in [6, 6.07) is 0. The molecule has 1 fully saturated rings. The molecule has 94 valence electrons. The average Bonchev–Trinajstić information content (AvgIpc) is 2.42. The lowest BCUT2D eigenvalue weighted by molar-refractivity contribution is -0.151. The van der Waals surface area contributed by atoms with E-state index in [0.29, 0.717) is 6.42 Å². The highest BCUT2D eigenvalue weighted by molar-refractivity contribution is 7.91. The van der Waals surface area contributed by atoms with Gasteiger partial charge in [0.25, 0.3) is 0 Å². The first-order valence-electron chi connectivity index (χ1n) is 5.29. The Morgan fingerprint density at radius 3 is 2.38 bits per heavy atom. The summed E-state index contributed by atoms with van der Waals surface area (Å²) in [4.78, 5) is 11.2. The second-order valence-corrected chi connectivity index (χ2v) is 7.14. The number of aliphatic carboxylic acids is 1. The number of carboxylic acids is 1. The molecule has 1 aliphatic rings. The summed E-state index contributed by atoms with van der Waals surface area (Å²) in [5.74, 6) is -1.58. The molecule has 0 aromatic heterocycles. The lowest BCUT2D eigenvalue weighted by atomic mass is 9.76. The first-order chi connectivity index (χ1) is 7.13. The van der Waals surface area contributed by atoms with Gasteiger partial charge in [0.15, 0.2) is 9.84 Å². The maximum atomic E-state index is 11.4. The van der Waals surface area contributed by atoms with E-state index in [1.165, 1.54) is 0 Å². The van der Waals surface area contributed by atoms with Crippen molar-refractivity contribution in [1.82, 2.24) is 0 Å². The first-order valence-corrected chi connectivity index (χ1v) is 7.11. The molecule has 2 N–H and O–H groups in total. The molecule has 0 bridgehead atoms. The van der Waals surface area contributed by atoms with Gasteiger partial charge in [0.2, 0.25) is 0 Å². The molecule has 1 saturated heterocycles. The number of rotatable bonds is 4. The summed E-state index contributed by atoms with van der Waals surface area (Å²) in [6.45, 7) is 3.29. The van der Waals surface area contributed by atoms with Gasteiger partial charge < -0.3 is 10.2 Å². The van der Waals surface area contributed by atoms with Crippen LogP contribution in [0.2, 0.25) is 0 Å². The Balaban J connectivity index is 2.98. The van der Waals surface area contributed by atoms with Crippen LogP contribution in [-0.4, -0.2) is 41.7 Å². The largest absolute Gasteiger partial charge is 0.481 e. The highest BCUT2D eigenvalue weighted by atomic mass is 32.2.